The van der Waals surface area contributed by atoms with Crippen LogP contribution in [0, 0.1) is 5.92 Å². The Labute approximate surface area is 114 Å². The molecule has 100 valence electrons. The number of phenols is 1. The van der Waals surface area contributed by atoms with Crippen molar-refractivity contribution in [3.05, 3.63) is 29.8 Å². The summed E-state index contributed by atoms with van der Waals surface area (Å²) in [7, 11) is 0. The number of rotatable bonds is 4. The van der Waals surface area contributed by atoms with Crippen molar-refractivity contribution >= 4 is 11.6 Å². The second kappa shape index (κ2) is 5.94. The predicted octanol–water partition coefficient (Wildman–Crippen LogP) is 3.67. The average Bonchev–Trinajstić information content (AvgIpc) is 2.38. The molecule has 1 fully saturated rings. The highest BCUT2D eigenvalue weighted by atomic mass is 35.5. The molecule has 2 rings (SSSR count). The Morgan fingerprint density at radius 3 is 2.72 bits per heavy atom. The topological polar surface area (TPSA) is 32.3 Å². The maximum atomic E-state index is 9.26. The van der Waals surface area contributed by atoms with E-state index in [9.17, 15) is 5.11 Å². The highest BCUT2D eigenvalue weighted by Crippen LogP contribution is 2.33. The molecule has 1 aliphatic rings. The number of aromatic hydroxyl groups is 1. The van der Waals surface area contributed by atoms with Crippen molar-refractivity contribution in [1.82, 2.24) is 5.32 Å². The minimum absolute atomic E-state index is 0.0944. The Hall–Kier alpha value is -0.730. The van der Waals surface area contributed by atoms with Crippen LogP contribution >= 0.6 is 11.6 Å². The Morgan fingerprint density at radius 1 is 1.39 bits per heavy atom. The van der Waals surface area contributed by atoms with Gasteiger partial charge in [0.05, 0.1) is 0 Å². The summed E-state index contributed by atoms with van der Waals surface area (Å²) >= 11 is 6.19. The van der Waals surface area contributed by atoms with Gasteiger partial charge in [-0.3, -0.25) is 0 Å². The van der Waals surface area contributed by atoms with E-state index in [0.29, 0.717) is 11.6 Å². The summed E-state index contributed by atoms with van der Waals surface area (Å²) in [4.78, 5) is 0. The van der Waals surface area contributed by atoms with E-state index in [1.807, 2.05) is 12.1 Å². The van der Waals surface area contributed by atoms with Crippen molar-refractivity contribution < 1.29 is 5.11 Å². The van der Waals surface area contributed by atoms with Crippen LogP contribution < -0.4 is 5.32 Å². The summed E-state index contributed by atoms with van der Waals surface area (Å²) in [6, 6.07) is 7.37. The third-order valence-electron chi connectivity index (χ3n) is 3.95. The molecule has 0 aromatic heterocycles. The molecule has 1 aliphatic carbocycles. The van der Waals surface area contributed by atoms with Crippen LogP contribution in [0.1, 0.15) is 38.2 Å². The summed E-state index contributed by atoms with van der Waals surface area (Å²) in [5.74, 6) is 1.75. The Morgan fingerprint density at radius 2 is 2.11 bits per heavy atom. The molecule has 0 aliphatic heterocycles. The van der Waals surface area contributed by atoms with E-state index in [-0.39, 0.29) is 5.54 Å². The second-order valence-electron chi connectivity index (χ2n) is 5.64. The number of nitrogens with one attached hydrogen (secondary N) is 1. The molecule has 3 heteroatoms. The lowest BCUT2D eigenvalue weighted by molar-refractivity contribution is 0.207. The summed E-state index contributed by atoms with van der Waals surface area (Å²) in [5, 5.41) is 12.9. The van der Waals surface area contributed by atoms with Gasteiger partial charge < -0.3 is 10.4 Å². The molecule has 2 N–H and O–H groups in total. The zero-order chi connectivity index (χ0) is 13.0. The molecular formula is C15H22ClNO. The Balaban J connectivity index is 1.96. The molecule has 0 spiro atoms. The smallest absolute Gasteiger partial charge is 0.115 e. The first kappa shape index (κ1) is 13.7. The monoisotopic (exact) mass is 267 g/mol. The van der Waals surface area contributed by atoms with Crippen molar-refractivity contribution in [2.45, 2.75) is 44.7 Å². The fraction of sp³-hybridized carbons (Fsp3) is 0.600. The van der Waals surface area contributed by atoms with Crippen LogP contribution in [0.4, 0.5) is 0 Å². The van der Waals surface area contributed by atoms with Crippen molar-refractivity contribution in [3.8, 4) is 5.75 Å². The molecule has 1 aromatic rings. The Kier molecular flexibility index (Phi) is 4.52. The summed E-state index contributed by atoms with van der Waals surface area (Å²) in [5.41, 5.74) is 1.28. The van der Waals surface area contributed by atoms with Gasteiger partial charge in [0, 0.05) is 18.0 Å². The van der Waals surface area contributed by atoms with Crippen LogP contribution in [-0.4, -0.2) is 16.5 Å². The second-order valence-corrected chi connectivity index (χ2v) is 5.90. The minimum Gasteiger partial charge on any atom is -0.508 e. The van der Waals surface area contributed by atoms with Crippen LogP contribution in [0.25, 0.3) is 0 Å². The van der Waals surface area contributed by atoms with Crippen LogP contribution in [0.15, 0.2) is 24.3 Å². The maximum Gasteiger partial charge on any atom is 0.115 e. The molecule has 0 saturated heterocycles. The first-order chi connectivity index (χ1) is 8.63. The SMILES string of the molecule is CC1CCCC(CCl)(NCc2ccc(O)cc2)C1. The van der Waals surface area contributed by atoms with E-state index < -0.39 is 0 Å². The van der Waals surface area contributed by atoms with Gasteiger partial charge >= 0.3 is 0 Å². The average molecular weight is 268 g/mol. The van der Waals surface area contributed by atoms with E-state index in [2.05, 4.69) is 12.2 Å². The fourth-order valence-corrected chi connectivity index (χ4v) is 3.23. The summed E-state index contributed by atoms with van der Waals surface area (Å²) < 4.78 is 0. The Bertz CT molecular complexity index is 379. The van der Waals surface area contributed by atoms with Crippen LogP contribution in [-0.2, 0) is 6.54 Å². The molecular weight excluding hydrogens is 246 g/mol. The summed E-state index contributed by atoms with van der Waals surface area (Å²) in [6.45, 7) is 3.13. The van der Waals surface area contributed by atoms with Crippen molar-refractivity contribution in [2.24, 2.45) is 5.92 Å². The standard InChI is InChI=1S/C15H22ClNO/c1-12-3-2-8-15(9-12,11-16)17-10-13-4-6-14(18)7-5-13/h4-7,12,17-18H,2-3,8-11H2,1H3. The number of halogens is 1. The van der Waals surface area contributed by atoms with Crippen LogP contribution in [0.2, 0.25) is 0 Å². The van der Waals surface area contributed by atoms with Gasteiger partial charge in [-0.1, -0.05) is 31.9 Å². The quantitative estimate of drug-likeness (QED) is 0.816. The van der Waals surface area contributed by atoms with E-state index in [4.69, 9.17) is 11.6 Å². The van der Waals surface area contributed by atoms with Gasteiger partial charge in [-0.15, -0.1) is 11.6 Å². The molecule has 18 heavy (non-hydrogen) atoms. The van der Waals surface area contributed by atoms with Gasteiger partial charge in [-0.05, 0) is 36.5 Å². The first-order valence-corrected chi connectivity index (χ1v) is 7.26. The first-order valence-electron chi connectivity index (χ1n) is 6.72. The molecule has 0 heterocycles. The number of hydrogen-bond donors (Lipinski definition) is 2. The lowest BCUT2D eigenvalue weighted by Crippen LogP contribution is -2.49. The van der Waals surface area contributed by atoms with Gasteiger partial charge in [0.1, 0.15) is 5.75 Å². The maximum absolute atomic E-state index is 9.26. The lowest BCUT2D eigenvalue weighted by atomic mass is 9.77. The number of phenolic OH excluding ortho intramolecular Hbond substituents is 1. The molecule has 1 saturated carbocycles. The van der Waals surface area contributed by atoms with Gasteiger partial charge in [0.25, 0.3) is 0 Å². The normalized spacial score (nSPS) is 28.2. The zero-order valence-electron chi connectivity index (χ0n) is 11.0. The molecule has 0 radical (unpaired) electrons. The molecule has 2 atom stereocenters. The third-order valence-corrected chi connectivity index (χ3v) is 4.46. The predicted molar refractivity (Wildman–Crippen MR) is 76.0 cm³/mol. The van der Waals surface area contributed by atoms with Gasteiger partial charge in [-0.2, -0.15) is 0 Å². The molecule has 0 bridgehead atoms. The van der Waals surface area contributed by atoms with E-state index in [1.54, 1.807) is 12.1 Å². The van der Waals surface area contributed by atoms with E-state index in [0.717, 1.165) is 18.9 Å². The van der Waals surface area contributed by atoms with Crippen molar-refractivity contribution in [2.75, 3.05) is 5.88 Å². The van der Waals surface area contributed by atoms with Gasteiger partial charge in [-0.25, -0.2) is 0 Å². The largest absolute Gasteiger partial charge is 0.508 e. The molecule has 1 aromatic carbocycles. The van der Waals surface area contributed by atoms with Crippen LogP contribution in [0.3, 0.4) is 0 Å². The number of hydrogen-bond acceptors (Lipinski definition) is 2. The van der Waals surface area contributed by atoms with Crippen LogP contribution in [0.5, 0.6) is 5.75 Å². The van der Waals surface area contributed by atoms with Crippen molar-refractivity contribution in [1.29, 1.82) is 0 Å². The highest BCUT2D eigenvalue weighted by Gasteiger charge is 2.33. The molecule has 0 amide bonds. The third kappa shape index (κ3) is 3.39. The van der Waals surface area contributed by atoms with E-state index >= 15 is 0 Å². The lowest BCUT2D eigenvalue weighted by Gasteiger charge is -2.39. The van der Waals surface area contributed by atoms with Crippen molar-refractivity contribution in [3.63, 3.8) is 0 Å². The number of benzene rings is 1. The number of alkyl halides is 1. The molecule has 2 nitrogen and oxygen atoms in total. The fourth-order valence-electron chi connectivity index (χ4n) is 2.89. The molecule has 2 unspecified atom stereocenters. The summed E-state index contributed by atoms with van der Waals surface area (Å²) in [6.07, 6.45) is 4.91. The van der Waals surface area contributed by atoms with E-state index in [1.165, 1.54) is 24.8 Å². The minimum atomic E-state index is 0.0944. The van der Waals surface area contributed by atoms with Gasteiger partial charge in [0.15, 0.2) is 0 Å². The highest BCUT2D eigenvalue weighted by molar-refractivity contribution is 6.18. The van der Waals surface area contributed by atoms with Gasteiger partial charge in [0.2, 0.25) is 0 Å². The zero-order valence-corrected chi connectivity index (χ0v) is 11.7.